The largest absolute Gasteiger partial charge is 0.379 e. The molecule has 0 amide bonds. The monoisotopic (exact) mass is 269 g/mol. The summed E-state index contributed by atoms with van der Waals surface area (Å²) in [6.07, 6.45) is 7.79. The molecule has 1 aliphatic heterocycles. The maximum absolute atomic E-state index is 6.20. The van der Waals surface area contributed by atoms with Gasteiger partial charge in [0.1, 0.15) is 0 Å². The molecule has 2 rings (SSSR count). The van der Waals surface area contributed by atoms with Crippen molar-refractivity contribution < 1.29 is 4.74 Å². The van der Waals surface area contributed by atoms with Crippen molar-refractivity contribution in [1.82, 2.24) is 9.80 Å². The van der Waals surface area contributed by atoms with Crippen LogP contribution < -0.4 is 5.73 Å². The summed E-state index contributed by atoms with van der Waals surface area (Å²) < 4.78 is 5.79. The number of nitrogens with zero attached hydrogens (tertiary/aromatic N) is 2. The van der Waals surface area contributed by atoms with E-state index < -0.39 is 0 Å². The van der Waals surface area contributed by atoms with E-state index in [-0.39, 0.29) is 5.54 Å². The summed E-state index contributed by atoms with van der Waals surface area (Å²) in [6, 6.07) is 0.732. The number of hydrogen-bond donors (Lipinski definition) is 1. The number of hydrogen-bond acceptors (Lipinski definition) is 4. The fourth-order valence-electron chi connectivity index (χ4n) is 4.08. The lowest BCUT2D eigenvalue weighted by Gasteiger charge is -2.52. The highest BCUT2D eigenvalue weighted by Crippen LogP contribution is 2.36. The van der Waals surface area contributed by atoms with E-state index in [0.29, 0.717) is 6.10 Å². The Hall–Kier alpha value is -0.160. The van der Waals surface area contributed by atoms with Gasteiger partial charge in [0, 0.05) is 32.8 Å². The van der Waals surface area contributed by atoms with Crippen LogP contribution in [0.4, 0.5) is 0 Å². The van der Waals surface area contributed by atoms with Crippen LogP contribution in [0.2, 0.25) is 0 Å². The van der Waals surface area contributed by atoms with Crippen molar-refractivity contribution in [2.24, 2.45) is 5.73 Å². The van der Waals surface area contributed by atoms with Crippen LogP contribution in [0.15, 0.2) is 0 Å². The minimum absolute atomic E-state index is 0.101. The van der Waals surface area contributed by atoms with Crippen molar-refractivity contribution in [1.29, 1.82) is 0 Å². The molecule has 0 aromatic carbocycles. The molecule has 1 heterocycles. The highest BCUT2D eigenvalue weighted by molar-refractivity contribution is 5.02. The van der Waals surface area contributed by atoms with Crippen LogP contribution in [0, 0.1) is 0 Å². The van der Waals surface area contributed by atoms with Gasteiger partial charge >= 0.3 is 0 Å². The van der Waals surface area contributed by atoms with Crippen LogP contribution in [-0.4, -0.2) is 68.3 Å². The van der Waals surface area contributed by atoms with Crippen molar-refractivity contribution in [3.8, 4) is 0 Å². The minimum atomic E-state index is 0.101. The van der Waals surface area contributed by atoms with Gasteiger partial charge < -0.3 is 15.4 Å². The summed E-state index contributed by atoms with van der Waals surface area (Å²) in [5.74, 6) is 0. The van der Waals surface area contributed by atoms with Gasteiger partial charge in [-0.1, -0.05) is 12.8 Å². The van der Waals surface area contributed by atoms with Crippen LogP contribution in [0.1, 0.15) is 38.5 Å². The fraction of sp³-hybridized carbons (Fsp3) is 1.00. The van der Waals surface area contributed by atoms with Crippen molar-refractivity contribution in [2.45, 2.75) is 56.2 Å². The van der Waals surface area contributed by atoms with Gasteiger partial charge in [0.05, 0.1) is 11.6 Å². The molecule has 1 saturated carbocycles. The Kier molecular flexibility index (Phi) is 5.23. The van der Waals surface area contributed by atoms with Gasteiger partial charge in [0.2, 0.25) is 0 Å². The SMILES string of the molecule is COC1CCCCC1(CN)N1CCC(N(C)C)CC1. The molecule has 2 unspecified atom stereocenters. The first kappa shape index (κ1) is 15.2. The van der Waals surface area contributed by atoms with E-state index >= 15 is 0 Å². The number of methoxy groups -OCH3 is 1. The molecular weight excluding hydrogens is 238 g/mol. The summed E-state index contributed by atoms with van der Waals surface area (Å²) in [5, 5.41) is 0. The quantitative estimate of drug-likeness (QED) is 0.835. The third-order valence-electron chi connectivity index (χ3n) is 5.39. The lowest BCUT2D eigenvalue weighted by molar-refractivity contribution is -0.0864. The van der Waals surface area contributed by atoms with E-state index in [9.17, 15) is 0 Å². The number of ether oxygens (including phenoxy) is 1. The Morgan fingerprint density at radius 3 is 2.42 bits per heavy atom. The van der Waals surface area contributed by atoms with Gasteiger partial charge in [-0.25, -0.2) is 0 Å². The third kappa shape index (κ3) is 2.97. The van der Waals surface area contributed by atoms with Gasteiger partial charge in [-0.2, -0.15) is 0 Å². The second-order valence-corrected chi connectivity index (χ2v) is 6.46. The van der Waals surface area contributed by atoms with Gasteiger partial charge in [-0.15, -0.1) is 0 Å². The number of piperidine rings is 1. The first-order chi connectivity index (χ1) is 9.14. The molecule has 0 aromatic rings. The molecular formula is C15H31N3O. The van der Waals surface area contributed by atoms with Crippen molar-refractivity contribution in [3.05, 3.63) is 0 Å². The Bertz CT molecular complexity index is 277. The van der Waals surface area contributed by atoms with Crippen molar-refractivity contribution in [2.75, 3.05) is 40.8 Å². The van der Waals surface area contributed by atoms with E-state index in [4.69, 9.17) is 10.5 Å². The molecule has 0 bridgehead atoms. The Morgan fingerprint density at radius 2 is 1.89 bits per heavy atom. The number of nitrogens with two attached hydrogens (primary N) is 1. The standard InChI is InChI=1S/C15H31N3O/c1-17(2)13-7-10-18(11-8-13)15(12-16)9-5-4-6-14(15)19-3/h13-14H,4-12,16H2,1-3H3. The molecule has 0 aromatic heterocycles. The fourth-order valence-corrected chi connectivity index (χ4v) is 4.08. The summed E-state index contributed by atoms with van der Waals surface area (Å²) in [5.41, 5.74) is 6.30. The van der Waals surface area contributed by atoms with Crippen molar-refractivity contribution in [3.63, 3.8) is 0 Å². The zero-order valence-corrected chi connectivity index (χ0v) is 12.9. The minimum Gasteiger partial charge on any atom is -0.379 e. The van der Waals surface area contributed by atoms with Gasteiger partial charge in [-0.05, 0) is 39.8 Å². The third-order valence-corrected chi connectivity index (χ3v) is 5.39. The van der Waals surface area contributed by atoms with Gasteiger partial charge in [0.25, 0.3) is 0 Å². The molecule has 2 fully saturated rings. The molecule has 1 aliphatic carbocycles. The predicted octanol–water partition coefficient (Wildman–Crippen LogP) is 1.30. The molecule has 2 atom stereocenters. The first-order valence-electron chi connectivity index (χ1n) is 7.78. The van der Waals surface area contributed by atoms with Gasteiger partial charge in [-0.3, -0.25) is 4.90 Å². The summed E-state index contributed by atoms with van der Waals surface area (Å²) in [4.78, 5) is 5.00. The lowest BCUT2D eigenvalue weighted by Crippen LogP contribution is -2.65. The average molecular weight is 269 g/mol. The highest BCUT2D eigenvalue weighted by Gasteiger charge is 2.45. The van der Waals surface area contributed by atoms with E-state index in [1.54, 1.807) is 0 Å². The van der Waals surface area contributed by atoms with Crippen LogP contribution >= 0.6 is 0 Å². The Balaban J connectivity index is 2.05. The molecule has 19 heavy (non-hydrogen) atoms. The molecule has 2 N–H and O–H groups in total. The molecule has 0 radical (unpaired) electrons. The maximum atomic E-state index is 6.20. The maximum Gasteiger partial charge on any atom is 0.0767 e. The van der Waals surface area contributed by atoms with Crippen LogP contribution in [0.5, 0.6) is 0 Å². The van der Waals surface area contributed by atoms with Gasteiger partial charge in [0.15, 0.2) is 0 Å². The zero-order valence-electron chi connectivity index (χ0n) is 12.9. The van der Waals surface area contributed by atoms with E-state index in [1.807, 2.05) is 7.11 Å². The molecule has 1 saturated heterocycles. The average Bonchev–Trinajstić information content (AvgIpc) is 2.47. The molecule has 4 nitrogen and oxygen atoms in total. The second-order valence-electron chi connectivity index (χ2n) is 6.46. The second kappa shape index (κ2) is 6.53. The Morgan fingerprint density at radius 1 is 1.21 bits per heavy atom. The summed E-state index contributed by atoms with van der Waals surface area (Å²) in [7, 11) is 6.24. The van der Waals surface area contributed by atoms with Crippen LogP contribution in [0.25, 0.3) is 0 Å². The van der Waals surface area contributed by atoms with E-state index in [1.165, 1.54) is 51.6 Å². The molecule has 4 heteroatoms. The van der Waals surface area contributed by atoms with Crippen LogP contribution in [0.3, 0.4) is 0 Å². The normalized spacial score (nSPS) is 34.9. The van der Waals surface area contributed by atoms with Crippen molar-refractivity contribution >= 4 is 0 Å². The first-order valence-corrected chi connectivity index (χ1v) is 7.78. The highest BCUT2D eigenvalue weighted by atomic mass is 16.5. The number of rotatable bonds is 4. The van der Waals surface area contributed by atoms with E-state index in [0.717, 1.165) is 12.6 Å². The topological polar surface area (TPSA) is 41.7 Å². The smallest absolute Gasteiger partial charge is 0.0767 e. The van der Waals surface area contributed by atoms with Crippen LogP contribution in [-0.2, 0) is 4.74 Å². The summed E-state index contributed by atoms with van der Waals surface area (Å²) >= 11 is 0. The zero-order chi connectivity index (χ0) is 13.9. The molecule has 2 aliphatic rings. The molecule has 0 spiro atoms. The lowest BCUT2D eigenvalue weighted by atomic mass is 9.76. The molecule has 112 valence electrons. The predicted molar refractivity (Wildman–Crippen MR) is 79.3 cm³/mol. The number of likely N-dealkylation sites (tertiary alicyclic amines) is 1. The summed E-state index contributed by atoms with van der Waals surface area (Å²) in [6.45, 7) is 3.07. The van der Waals surface area contributed by atoms with E-state index in [2.05, 4.69) is 23.9 Å². The Labute approximate surface area is 118 Å².